The van der Waals surface area contributed by atoms with Crippen molar-refractivity contribution in [2.24, 2.45) is 5.92 Å². The molecule has 0 aliphatic carbocycles. The van der Waals surface area contributed by atoms with E-state index >= 15 is 0 Å². The summed E-state index contributed by atoms with van der Waals surface area (Å²) in [5, 5.41) is 8.88. The standard InChI is InChI=1S/C13H15N3O/c14-8-12-3-4-13(17)16(10-12)7-5-11-2-1-6-15-9-11/h1-2,6,9,12H,3-5,7,10H2. The van der Waals surface area contributed by atoms with E-state index in [-0.39, 0.29) is 11.8 Å². The summed E-state index contributed by atoms with van der Waals surface area (Å²) < 4.78 is 0. The highest BCUT2D eigenvalue weighted by atomic mass is 16.2. The fourth-order valence-corrected chi connectivity index (χ4v) is 2.05. The van der Waals surface area contributed by atoms with Gasteiger partial charge in [0, 0.05) is 31.9 Å². The van der Waals surface area contributed by atoms with Crippen molar-refractivity contribution in [3.8, 4) is 6.07 Å². The number of hydrogen-bond acceptors (Lipinski definition) is 3. The lowest BCUT2D eigenvalue weighted by molar-refractivity contribution is -0.134. The molecule has 2 rings (SSSR count). The first-order chi connectivity index (χ1) is 8.29. The second-order valence-corrected chi connectivity index (χ2v) is 4.32. The van der Waals surface area contributed by atoms with Crippen LogP contribution in [0.15, 0.2) is 24.5 Å². The number of amides is 1. The molecule has 1 saturated heterocycles. The average Bonchev–Trinajstić information content (AvgIpc) is 2.39. The van der Waals surface area contributed by atoms with Crippen LogP contribution in [0.1, 0.15) is 18.4 Å². The number of nitrogens with zero attached hydrogens (tertiary/aromatic N) is 3. The first-order valence-corrected chi connectivity index (χ1v) is 5.86. The minimum atomic E-state index is 0.00148. The number of carbonyl (C=O) groups excluding carboxylic acids is 1. The molecule has 1 fully saturated rings. The van der Waals surface area contributed by atoms with Gasteiger partial charge in [-0.3, -0.25) is 9.78 Å². The predicted molar refractivity (Wildman–Crippen MR) is 62.9 cm³/mol. The maximum absolute atomic E-state index is 11.7. The van der Waals surface area contributed by atoms with Crippen LogP contribution in [0, 0.1) is 17.2 Å². The van der Waals surface area contributed by atoms with Crippen molar-refractivity contribution in [1.82, 2.24) is 9.88 Å². The third kappa shape index (κ3) is 3.04. The highest BCUT2D eigenvalue weighted by molar-refractivity contribution is 5.77. The topological polar surface area (TPSA) is 57.0 Å². The molecule has 2 heterocycles. The second-order valence-electron chi connectivity index (χ2n) is 4.32. The van der Waals surface area contributed by atoms with Crippen molar-refractivity contribution in [2.45, 2.75) is 19.3 Å². The molecule has 0 aromatic carbocycles. The molecule has 1 aliphatic heterocycles. The number of likely N-dealkylation sites (tertiary alicyclic amines) is 1. The normalized spacial score (nSPS) is 20.1. The Morgan fingerprint density at radius 2 is 2.47 bits per heavy atom. The molecule has 0 spiro atoms. The molecule has 88 valence electrons. The lowest BCUT2D eigenvalue weighted by Gasteiger charge is -2.29. The molecule has 4 heteroatoms. The van der Waals surface area contributed by atoms with Crippen LogP contribution in [0.5, 0.6) is 0 Å². The van der Waals surface area contributed by atoms with E-state index in [0.717, 1.165) is 12.0 Å². The van der Waals surface area contributed by atoms with E-state index in [2.05, 4.69) is 11.1 Å². The predicted octanol–water partition coefficient (Wildman–Crippen LogP) is 1.39. The Bertz CT molecular complexity index is 424. The number of piperidine rings is 1. The maximum atomic E-state index is 11.7. The van der Waals surface area contributed by atoms with Crippen LogP contribution < -0.4 is 0 Å². The van der Waals surface area contributed by atoms with E-state index in [0.29, 0.717) is 25.9 Å². The zero-order chi connectivity index (χ0) is 12.1. The Balaban J connectivity index is 1.90. The van der Waals surface area contributed by atoms with Crippen molar-refractivity contribution in [2.75, 3.05) is 13.1 Å². The summed E-state index contributed by atoms with van der Waals surface area (Å²) in [7, 11) is 0. The SMILES string of the molecule is N#CC1CCC(=O)N(CCc2cccnc2)C1. The van der Waals surface area contributed by atoms with Crippen molar-refractivity contribution >= 4 is 5.91 Å². The van der Waals surface area contributed by atoms with Gasteiger partial charge < -0.3 is 4.90 Å². The molecule has 0 saturated carbocycles. The van der Waals surface area contributed by atoms with Crippen LogP contribution in [0.3, 0.4) is 0 Å². The molecule has 1 atom stereocenters. The summed E-state index contributed by atoms with van der Waals surface area (Å²) in [6.07, 6.45) is 5.57. The summed E-state index contributed by atoms with van der Waals surface area (Å²) >= 11 is 0. The van der Waals surface area contributed by atoms with Gasteiger partial charge in [0.2, 0.25) is 5.91 Å². The highest BCUT2D eigenvalue weighted by Gasteiger charge is 2.24. The second kappa shape index (κ2) is 5.44. The Morgan fingerprint density at radius 3 is 3.18 bits per heavy atom. The Hall–Kier alpha value is -1.89. The molecular formula is C13H15N3O. The summed E-state index contributed by atoms with van der Waals surface area (Å²) in [6.45, 7) is 1.26. The molecule has 0 radical (unpaired) electrons. The Labute approximate surface area is 101 Å². The van der Waals surface area contributed by atoms with Crippen LogP contribution in [0.25, 0.3) is 0 Å². The van der Waals surface area contributed by atoms with Gasteiger partial charge >= 0.3 is 0 Å². The molecule has 1 amide bonds. The molecule has 4 nitrogen and oxygen atoms in total. The fourth-order valence-electron chi connectivity index (χ4n) is 2.05. The zero-order valence-corrected chi connectivity index (χ0v) is 9.67. The van der Waals surface area contributed by atoms with Gasteiger partial charge in [0.1, 0.15) is 0 Å². The minimum Gasteiger partial charge on any atom is -0.341 e. The Kier molecular flexibility index (Phi) is 3.71. The summed E-state index contributed by atoms with van der Waals surface area (Å²) in [5.74, 6) is 0.169. The van der Waals surface area contributed by atoms with Crippen molar-refractivity contribution in [1.29, 1.82) is 5.26 Å². The maximum Gasteiger partial charge on any atom is 0.222 e. The molecular weight excluding hydrogens is 214 g/mol. The summed E-state index contributed by atoms with van der Waals surface area (Å²) in [4.78, 5) is 17.5. The molecule has 1 aliphatic rings. The lowest BCUT2D eigenvalue weighted by atomic mass is 9.99. The quantitative estimate of drug-likeness (QED) is 0.787. The fraction of sp³-hybridized carbons (Fsp3) is 0.462. The molecule has 1 unspecified atom stereocenters. The molecule has 0 N–H and O–H groups in total. The monoisotopic (exact) mass is 229 g/mol. The van der Waals surface area contributed by atoms with E-state index in [9.17, 15) is 4.79 Å². The molecule has 17 heavy (non-hydrogen) atoms. The van der Waals surface area contributed by atoms with Gasteiger partial charge in [0.25, 0.3) is 0 Å². The van der Waals surface area contributed by atoms with Gasteiger partial charge in [-0.05, 0) is 24.5 Å². The van der Waals surface area contributed by atoms with Gasteiger partial charge in [-0.2, -0.15) is 5.26 Å². The zero-order valence-electron chi connectivity index (χ0n) is 9.67. The molecule has 0 bridgehead atoms. The molecule has 1 aromatic heterocycles. The number of aromatic nitrogens is 1. The average molecular weight is 229 g/mol. The molecule has 1 aromatic rings. The van der Waals surface area contributed by atoms with Crippen LogP contribution in [0.2, 0.25) is 0 Å². The van der Waals surface area contributed by atoms with Crippen LogP contribution >= 0.6 is 0 Å². The number of rotatable bonds is 3. The summed E-state index contributed by atoms with van der Waals surface area (Å²) in [6, 6.07) is 6.14. The van der Waals surface area contributed by atoms with E-state index in [1.807, 2.05) is 18.3 Å². The van der Waals surface area contributed by atoms with E-state index in [1.54, 1.807) is 11.1 Å². The Morgan fingerprint density at radius 1 is 1.59 bits per heavy atom. The first-order valence-electron chi connectivity index (χ1n) is 5.86. The van der Waals surface area contributed by atoms with Crippen LogP contribution in [-0.4, -0.2) is 28.9 Å². The van der Waals surface area contributed by atoms with Crippen molar-refractivity contribution in [3.05, 3.63) is 30.1 Å². The third-order valence-electron chi connectivity index (χ3n) is 3.08. The van der Waals surface area contributed by atoms with Gasteiger partial charge in [0.05, 0.1) is 12.0 Å². The number of hydrogen-bond donors (Lipinski definition) is 0. The van der Waals surface area contributed by atoms with Crippen LogP contribution in [-0.2, 0) is 11.2 Å². The highest BCUT2D eigenvalue weighted by Crippen LogP contribution is 2.17. The van der Waals surface area contributed by atoms with Crippen molar-refractivity contribution in [3.63, 3.8) is 0 Å². The lowest BCUT2D eigenvalue weighted by Crippen LogP contribution is -2.40. The smallest absolute Gasteiger partial charge is 0.222 e. The number of pyridine rings is 1. The number of carbonyl (C=O) groups is 1. The van der Waals surface area contributed by atoms with Gasteiger partial charge in [0.15, 0.2) is 0 Å². The first kappa shape index (κ1) is 11.6. The minimum absolute atomic E-state index is 0.00148. The summed E-state index contributed by atoms with van der Waals surface area (Å²) in [5.41, 5.74) is 1.12. The van der Waals surface area contributed by atoms with E-state index in [4.69, 9.17) is 5.26 Å². The van der Waals surface area contributed by atoms with Gasteiger partial charge in [-0.25, -0.2) is 0 Å². The van der Waals surface area contributed by atoms with Gasteiger partial charge in [-0.1, -0.05) is 6.07 Å². The third-order valence-corrected chi connectivity index (χ3v) is 3.08. The van der Waals surface area contributed by atoms with Gasteiger partial charge in [-0.15, -0.1) is 0 Å². The van der Waals surface area contributed by atoms with Crippen molar-refractivity contribution < 1.29 is 4.79 Å². The van der Waals surface area contributed by atoms with Crippen LogP contribution in [0.4, 0.5) is 0 Å². The van der Waals surface area contributed by atoms with E-state index in [1.165, 1.54) is 0 Å². The number of nitriles is 1. The van der Waals surface area contributed by atoms with E-state index < -0.39 is 0 Å². The largest absolute Gasteiger partial charge is 0.341 e.